The minimum Gasteiger partial charge on any atom is -0.497 e. The lowest BCUT2D eigenvalue weighted by atomic mass is 9.86. The minimum absolute atomic E-state index is 0.0420. The summed E-state index contributed by atoms with van der Waals surface area (Å²) in [5, 5.41) is 4.19. The zero-order chi connectivity index (χ0) is 22.1. The Hall–Kier alpha value is -3.08. The molecule has 0 saturated heterocycles. The Labute approximate surface area is 179 Å². The number of fused-ring (bicyclic) bond motifs is 1. The molecule has 0 spiro atoms. The fourth-order valence-electron chi connectivity index (χ4n) is 4.26. The molecule has 0 saturated carbocycles. The molecule has 158 valence electrons. The van der Waals surface area contributed by atoms with Gasteiger partial charge in [0.15, 0.2) is 0 Å². The van der Waals surface area contributed by atoms with Gasteiger partial charge in [-0.2, -0.15) is 5.10 Å². The maximum atomic E-state index is 12.3. The Kier molecular flexibility index (Phi) is 6.01. The average Bonchev–Trinajstić information content (AvgIpc) is 2.67. The summed E-state index contributed by atoms with van der Waals surface area (Å²) in [6.07, 6.45) is 4.03. The lowest BCUT2D eigenvalue weighted by Gasteiger charge is -2.46. The number of anilines is 1. The van der Waals surface area contributed by atoms with E-state index in [-0.39, 0.29) is 11.4 Å². The second-order valence-corrected chi connectivity index (χ2v) is 8.60. The summed E-state index contributed by atoms with van der Waals surface area (Å²) >= 11 is 0. The van der Waals surface area contributed by atoms with Gasteiger partial charge < -0.3 is 9.64 Å². The average molecular weight is 406 g/mol. The van der Waals surface area contributed by atoms with Crippen LogP contribution >= 0.6 is 0 Å². The highest BCUT2D eigenvalue weighted by molar-refractivity contribution is 5.95. The normalized spacial score (nSPS) is 15.2. The molecule has 1 heterocycles. The number of carbonyl (C=O) groups is 1. The van der Waals surface area contributed by atoms with E-state index in [1.165, 1.54) is 16.8 Å². The van der Waals surface area contributed by atoms with E-state index in [0.29, 0.717) is 17.4 Å². The lowest BCUT2D eigenvalue weighted by Crippen LogP contribution is -2.49. The highest BCUT2D eigenvalue weighted by Crippen LogP contribution is 2.41. The number of benzene rings is 2. The van der Waals surface area contributed by atoms with E-state index in [0.717, 1.165) is 11.1 Å². The number of hydrogen-bond acceptors (Lipinski definition) is 4. The summed E-state index contributed by atoms with van der Waals surface area (Å²) in [5.74, 6) is 0.454. The third kappa shape index (κ3) is 4.25. The third-order valence-electron chi connectivity index (χ3n) is 5.50. The van der Waals surface area contributed by atoms with Crippen LogP contribution in [0.3, 0.4) is 0 Å². The van der Waals surface area contributed by atoms with Gasteiger partial charge in [0.1, 0.15) is 5.75 Å². The van der Waals surface area contributed by atoms with E-state index in [4.69, 9.17) is 4.74 Å². The Morgan fingerprint density at radius 3 is 2.43 bits per heavy atom. The van der Waals surface area contributed by atoms with Crippen molar-refractivity contribution in [3.05, 3.63) is 64.7 Å². The van der Waals surface area contributed by atoms with Crippen LogP contribution in [0.4, 0.5) is 5.69 Å². The molecule has 3 rings (SSSR count). The number of allylic oxidation sites excluding steroid dienone is 1. The summed E-state index contributed by atoms with van der Waals surface area (Å²) in [6.45, 7) is 13.2. The Morgan fingerprint density at radius 1 is 1.17 bits per heavy atom. The smallest absolute Gasteiger partial charge is 0.271 e. The standard InChI is InChI=1S/C25H31N3O2/c1-16(2)28-23-12-17(3)20(13-22(23)18(4)14-25(28,5)6)15-26-27-24(29)19-8-10-21(30-7)11-9-19/h8-16H,1-7H3,(H,27,29)/b26-15+. The van der Waals surface area contributed by atoms with E-state index in [1.807, 2.05) is 0 Å². The van der Waals surface area contributed by atoms with Crippen molar-refractivity contribution in [2.24, 2.45) is 5.10 Å². The molecule has 0 atom stereocenters. The van der Waals surface area contributed by atoms with Crippen LogP contribution in [0.1, 0.15) is 61.7 Å². The molecular formula is C25H31N3O2. The quantitative estimate of drug-likeness (QED) is 0.551. The highest BCUT2D eigenvalue weighted by atomic mass is 16.5. The fourth-order valence-corrected chi connectivity index (χ4v) is 4.26. The van der Waals surface area contributed by atoms with E-state index in [1.54, 1.807) is 37.6 Å². The number of nitrogens with zero attached hydrogens (tertiary/aromatic N) is 2. The molecule has 0 aromatic heterocycles. The van der Waals surface area contributed by atoms with Gasteiger partial charge in [0, 0.05) is 22.9 Å². The molecule has 1 N–H and O–H groups in total. The first kappa shape index (κ1) is 21.6. The first-order chi connectivity index (χ1) is 14.1. The second kappa shape index (κ2) is 8.34. The van der Waals surface area contributed by atoms with Gasteiger partial charge in [-0.3, -0.25) is 4.79 Å². The molecule has 0 unspecified atom stereocenters. The van der Waals surface area contributed by atoms with Crippen molar-refractivity contribution in [2.45, 2.75) is 53.1 Å². The fraction of sp³-hybridized carbons (Fsp3) is 0.360. The topological polar surface area (TPSA) is 53.9 Å². The van der Waals surface area contributed by atoms with Gasteiger partial charge in [0.25, 0.3) is 5.91 Å². The zero-order valence-electron chi connectivity index (χ0n) is 18.9. The van der Waals surface area contributed by atoms with Crippen molar-refractivity contribution in [1.29, 1.82) is 0 Å². The van der Waals surface area contributed by atoms with Crippen molar-refractivity contribution >= 4 is 23.4 Å². The molecule has 2 aromatic rings. The van der Waals surface area contributed by atoms with E-state index in [2.05, 4.69) is 75.2 Å². The molecule has 1 amide bonds. The van der Waals surface area contributed by atoms with Crippen LogP contribution in [0.2, 0.25) is 0 Å². The summed E-state index contributed by atoms with van der Waals surface area (Å²) in [4.78, 5) is 14.8. The number of ether oxygens (including phenoxy) is 1. The monoisotopic (exact) mass is 405 g/mol. The van der Waals surface area contributed by atoms with Crippen LogP contribution < -0.4 is 15.1 Å². The molecule has 0 aliphatic carbocycles. The molecule has 2 aromatic carbocycles. The highest BCUT2D eigenvalue weighted by Gasteiger charge is 2.33. The Bertz CT molecular complexity index is 1000. The number of rotatable bonds is 5. The van der Waals surface area contributed by atoms with Crippen molar-refractivity contribution < 1.29 is 9.53 Å². The van der Waals surface area contributed by atoms with Crippen LogP contribution in [0.15, 0.2) is 47.6 Å². The number of carbonyl (C=O) groups excluding carboxylic acids is 1. The first-order valence-electron chi connectivity index (χ1n) is 10.3. The number of aryl methyl sites for hydroxylation is 1. The van der Waals surface area contributed by atoms with Crippen LogP contribution in [-0.4, -0.2) is 30.8 Å². The maximum absolute atomic E-state index is 12.3. The predicted octanol–water partition coefficient (Wildman–Crippen LogP) is 5.18. The molecule has 0 bridgehead atoms. The minimum atomic E-state index is -0.256. The summed E-state index contributed by atoms with van der Waals surface area (Å²) in [5.41, 5.74) is 8.90. The van der Waals surface area contributed by atoms with Crippen molar-refractivity contribution in [3.8, 4) is 5.75 Å². The van der Waals surface area contributed by atoms with Gasteiger partial charge in [-0.05, 0) is 94.6 Å². The van der Waals surface area contributed by atoms with Gasteiger partial charge in [-0.25, -0.2) is 5.43 Å². The molecule has 1 aliphatic heterocycles. The zero-order valence-corrected chi connectivity index (χ0v) is 18.9. The third-order valence-corrected chi connectivity index (χ3v) is 5.50. The number of nitrogens with one attached hydrogen (secondary N) is 1. The first-order valence-corrected chi connectivity index (χ1v) is 10.3. The Morgan fingerprint density at radius 2 is 1.83 bits per heavy atom. The van der Waals surface area contributed by atoms with E-state index < -0.39 is 0 Å². The van der Waals surface area contributed by atoms with Crippen molar-refractivity contribution in [2.75, 3.05) is 12.0 Å². The van der Waals surface area contributed by atoms with Crippen molar-refractivity contribution in [1.82, 2.24) is 5.43 Å². The van der Waals surface area contributed by atoms with Crippen LogP contribution in [0.5, 0.6) is 5.75 Å². The van der Waals surface area contributed by atoms with Gasteiger partial charge in [-0.15, -0.1) is 0 Å². The van der Waals surface area contributed by atoms with Crippen LogP contribution in [0, 0.1) is 6.92 Å². The maximum Gasteiger partial charge on any atom is 0.271 e. The summed E-state index contributed by atoms with van der Waals surface area (Å²) in [7, 11) is 1.60. The van der Waals surface area contributed by atoms with E-state index >= 15 is 0 Å². The summed E-state index contributed by atoms with van der Waals surface area (Å²) < 4.78 is 5.12. The van der Waals surface area contributed by atoms with E-state index in [9.17, 15) is 4.79 Å². The molecule has 5 heteroatoms. The molecule has 0 radical (unpaired) electrons. The number of methoxy groups -OCH3 is 1. The number of hydrazone groups is 1. The van der Waals surface area contributed by atoms with Gasteiger partial charge in [-0.1, -0.05) is 6.08 Å². The van der Waals surface area contributed by atoms with Crippen molar-refractivity contribution in [3.63, 3.8) is 0 Å². The number of amides is 1. The molecule has 30 heavy (non-hydrogen) atoms. The van der Waals surface area contributed by atoms with Crippen LogP contribution in [0.25, 0.3) is 5.57 Å². The number of hydrogen-bond donors (Lipinski definition) is 1. The van der Waals surface area contributed by atoms with Gasteiger partial charge >= 0.3 is 0 Å². The largest absolute Gasteiger partial charge is 0.497 e. The molecular weight excluding hydrogens is 374 g/mol. The predicted molar refractivity (Wildman–Crippen MR) is 125 cm³/mol. The van der Waals surface area contributed by atoms with Gasteiger partial charge in [0.05, 0.1) is 18.9 Å². The van der Waals surface area contributed by atoms with Crippen LogP contribution in [-0.2, 0) is 0 Å². The SMILES string of the molecule is COc1ccc(C(=O)N/N=C/c2cc3c(cc2C)N(C(C)C)C(C)(C)C=C3C)cc1. The summed E-state index contributed by atoms with van der Waals surface area (Å²) in [6, 6.07) is 11.7. The molecule has 5 nitrogen and oxygen atoms in total. The Balaban J connectivity index is 1.84. The second-order valence-electron chi connectivity index (χ2n) is 8.60. The molecule has 1 aliphatic rings. The lowest BCUT2D eigenvalue weighted by molar-refractivity contribution is 0.0955. The molecule has 0 fully saturated rings. The van der Waals surface area contributed by atoms with Gasteiger partial charge in [0.2, 0.25) is 0 Å².